The van der Waals surface area contributed by atoms with Crippen molar-refractivity contribution in [2.24, 2.45) is 5.92 Å². The van der Waals surface area contributed by atoms with Gasteiger partial charge in [-0.15, -0.1) is 0 Å². The summed E-state index contributed by atoms with van der Waals surface area (Å²) in [7, 11) is 0. The van der Waals surface area contributed by atoms with E-state index in [2.05, 4.69) is 5.32 Å². The Balaban J connectivity index is 2.03. The summed E-state index contributed by atoms with van der Waals surface area (Å²) in [6.45, 7) is -1.68. The SMILES string of the molecule is O=C(O)CC[C@H](NC(=O)[C@H]1CC(=O)N(CC(F)(F)F)C1)c1ccccc1. The maximum atomic E-state index is 12.5. The van der Waals surface area contributed by atoms with Crippen LogP contribution in [0.15, 0.2) is 30.3 Å². The number of nitrogens with one attached hydrogen (secondary N) is 1. The fraction of sp³-hybridized carbons (Fsp3) is 0.471. The minimum atomic E-state index is -4.52. The molecule has 1 heterocycles. The molecule has 6 nitrogen and oxygen atoms in total. The summed E-state index contributed by atoms with van der Waals surface area (Å²) in [6.07, 6.45) is -4.85. The summed E-state index contributed by atoms with van der Waals surface area (Å²) in [5.74, 6) is -3.18. The number of hydrogen-bond donors (Lipinski definition) is 2. The molecular formula is C17H19F3N2O4. The third-order valence-corrected chi connectivity index (χ3v) is 4.12. The number of carbonyl (C=O) groups excluding carboxylic acids is 2. The smallest absolute Gasteiger partial charge is 0.406 e. The molecule has 1 saturated heterocycles. The Morgan fingerprint density at radius 1 is 1.27 bits per heavy atom. The Labute approximate surface area is 148 Å². The summed E-state index contributed by atoms with van der Waals surface area (Å²) in [5, 5.41) is 11.5. The van der Waals surface area contributed by atoms with Crippen LogP contribution in [0.2, 0.25) is 0 Å². The Morgan fingerprint density at radius 3 is 2.50 bits per heavy atom. The average molecular weight is 372 g/mol. The van der Waals surface area contributed by atoms with Crippen LogP contribution >= 0.6 is 0 Å². The van der Waals surface area contributed by atoms with E-state index in [-0.39, 0.29) is 25.8 Å². The van der Waals surface area contributed by atoms with Gasteiger partial charge in [-0.25, -0.2) is 0 Å². The number of carboxylic acid groups (broad SMARTS) is 1. The van der Waals surface area contributed by atoms with Crippen LogP contribution in [-0.4, -0.2) is 47.1 Å². The lowest BCUT2D eigenvalue weighted by Crippen LogP contribution is -2.38. The van der Waals surface area contributed by atoms with Gasteiger partial charge in [0.25, 0.3) is 0 Å². The van der Waals surface area contributed by atoms with Crippen LogP contribution in [0.3, 0.4) is 0 Å². The van der Waals surface area contributed by atoms with Gasteiger partial charge in [0.2, 0.25) is 11.8 Å². The highest BCUT2D eigenvalue weighted by Gasteiger charge is 2.40. The minimum Gasteiger partial charge on any atom is -0.481 e. The van der Waals surface area contributed by atoms with Gasteiger partial charge in [-0.05, 0) is 12.0 Å². The van der Waals surface area contributed by atoms with E-state index in [9.17, 15) is 27.6 Å². The molecule has 1 aliphatic heterocycles. The maximum absolute atomic E-state index is 12.5. The van der Waals surface area contributed by atoms with Gasteiger partial charge in [0.15, 0.2) is 0 Å². The number of alkyl halides is 3. The van der Waals surface area contributed by atoms with E-state index in [0.717, 1.165) is 0 Å². The Hall–Kier alpha value is -2.58. The van der Waals surface area contributed by atoms with Crippen LogP contribution in [0.25, 0.3) is 0 Å². The number of rotatable bonds is 7. The summed E-state index contributed by atoms with van der Waals surface area (Å²) < 4.78 is 37.4. The molecule has 1 aliphatic rings. The number of likely N-dealkylation sites (tertiary alicyclic amines) is 1. The van der Waals surface area contributed by atoms with Crippen LogP contribution in [-0.2, 0) is 14.4 Å². The van der Waals surface area contributed by atoms with Gasteiger partial charge in [0.05, 0.1) is 12.0 Å². The zero-order valence-corrected chi connectivity index (χ0v) is 13.8. The van der Waals surface area contributed by atoms with Crippen molar-refractivity contribution in [2.45, 2.75) is 31.5 Å². The molecule has 2 amide bonds. The first-order valence-electron chi connectivity index (χ1n) is 8.07. The van der Waals surface area contributed by atoms with Crippen molar-refractivity contribution in [1.82, 2.24) is 10.2 Å². The molecule has 0 spiro atoms. The molecule has 142 valence electrons. The van der Waals surface area contributed by atoms with Crippen molar-refractivity contribution >= 4 is 17.8 Å². The summed E-state index contributed by atoms with van der Waals surface area (Å²) >= 11 is 0. The molecule has 2 N–H and O–H groups in total. The van der Waals surface area contributed by atoms with E-state index in [0.29, 0.717) is 10.5 Å². The highest BCUT2D eigenvalue weighted by atomic mass is 19.4. The first-order valence-corrected chi connectivity index (χ1v) is 8.07. The van der Waals surface area contributed by atoms with E-state index >= 15 is 0 Å². The summed E-state index contributed by atoms with van der Waals surface area (Å²) in [5.41, 5.74) is 0.693. The van der Waals surface area contributed by atoms with Crippen LogP contribution in [0, 0.1) is 5.92 Å². The second-order valence-electron chi connectivity index (χ2n) is 6.19. The van der Waals surface area contributed by atoms with E-state index < -0.39 is 42.5 Å². The summed E-state index contributed by atoms with van der Waals surface area (Å²) in [4.78, 5) is 35.6. The fourth-order valence-corrected chi connectivity index (χ4v) is 2.88. The number of hydrogen-bond acceptors (Lipinski definition) is 3. The zero-order chi connectivity index (χ0) is 19.3. The number of benzene rings is 1. The topological polar surface area (TPSA) is 86.7 Å². The molecule has 0 unspecified atom stereocenters. The van der Waals surface area contributed by atoms with Gasteiger partial charge in [0.1, 0.15) is 6.54 Å². The van der Waals surface area contributed by atoms with E-state index in [4.69, 9.17) is 5.11 Å². The molecule has 0 saturated carbocycles. The standard InChI is InChI=1S/C17H19F3N2O4/c18-17(19,20)10-22-9-12(8-14(22)23)16(26)21-13(6-7-15(24)25)11-4-2-1-3-5-11/h1-5,12-13H,6-10H2,(H,21,26)(H,24,25)/t12-,13-/m0/s1. The molecule has 0 radical (unpaired) electrons. The largest absolute Gasteiger partial charge is 0.481 e. The predicted octanol–water partition coefficient (Wildman–Crippen LogP) is 2.12. The van der Waals surface area contributed by atoms with Crippen molar-refractivity contribution in [3.8, 4) is 0 Å². The number of amides is 2. The molecule has 0 aliphatic carbocycles. The molecule has 0 aromatic heterocycles. The highest BCUT2D eigenvalue weighted by Crippen LogP contribution is 2.25. The lowest BCUT2D eigenvalue weighted by atomic mass is 10.00. The zero-order valence-electron chi connectivity index (χ0n) is 13.8. The van der Waals surface area contributed by atoms with Crippen LogP contribution in [0.1, 0.15) is 30.9 Å². The second-order valence-corrected chi connectivity index (χ2v) is 6.19. The maximum Gasteiger partial charge on any atom is 0.406 e. The Bertz CT molecular complexity index is 664. The van der Waals surface area contributed by atoms with Crippen molar-refractivity contribution in [2.75, 3.05) is 13.1 Å². The van der Waals surface area contributed by atoms with Gasteiger partial charge >= 0.3 is 12.1 Å². The van der Waals surface area contributed by atoms with E-state index in [1.165, 1.54) is 0 Å². The highest BCUT2D eigenvalue weighted by molar-refractivity contribution is 5.89. The van der Waals surface area contributed by atoms with E-state index in [1.54, 1.807) is 30.3 Å². The number of halogens is 3. The van der Waals surface area contributed by atoms with Crippen molar-refractivity contribution in [3.63, 3.8) is 0 Å². The number of aliphatic carboxylic acids is 1. The molecule has 26 heavy (non-hydrogen) atoms. The van der Waals surface area contributed by atoms with Gasteiger partial charge in [-0.1, -0.05) is 30.3 Å². The van der Waals surface area contributed by atoms with Gasteiger partial charge < -0.3 is 15.3 Å². The number of carbonyl (C=O) groups is 3. The molecule has 1 fully saturated rings. The quantitative estimate of drug-likeness (QED) is 0.768. The first-order chi connectivity index (χ1) is 12.2. The minimum absolute atomic E-state index is 0.137. The van der Waals surface area contributed by atoms with Crippen LogP contribution in [0.5, 0.6) is 0 Å². The number of nitrogens with zero attached hydrogens (tertiary/aromatic N) is 1. The fourth-order valence-electron chi connectivity index (χ4n) is 2.88. The third kappa shape index (κ3) is 5.75. The average Bonchev–Trinajstić information content (AvgIpc) is 2.91. The third-order valence-electron chi connectivity index (χ3n) is 4.12. The van der Waals surface area contributed by atoms with Crippen molar-refractivity contribution < 1.29 is 32.7 Å². The monoisotopic (exact) mass is 372 g/mol. The Kier molecular flexibility index (Phi) is 6.23. The molecule has 1 aromatic rings. The Morgan fingerprint density at radius 2 is 1.92 bits per heavy atom. The molecule has 0 bridgehead atoms. The summed E-state index contributed by atoms with van der Waals surface area (Å²) in [6, 6.07) is 8.10. The number of carboxylic acids is 1. The van der Waals surface area contributed by atoms with Crippen molar-refractivity contribution in [1.29, 1.82) is 0 Å². The first kappa shape index (κ1) is 19.7. The molecule has 2 rings (SSSR count). The second kappa shape index (κ2) is 8.20. The molecule has 1 aromatic carbocycles. The normalized spacial score (nSPS) is 18.7. The van der Waals surface area contributed by atoms with Gasteiger partial charge in [-0.2, -0.15) is 13.2 Å². The molecule has 9 heteroatoms. The lowest BCUT2D eigenvalue weighted by Gasteiger charge is -2.21. The lowest BCUT2D eigenvalue weighted by molar-refractivity contribution is -0.157. The molecular weight excluding hydrogens is 353 g/mol. The molecule has 2 atom stereocenters. The van der Waals surface area contributed by atoms with Crippen LogP contribution < -0.4 is 5.32 Å². The van der Waals surface area contributed by atoms with Crippen LogP contribution in [0.4, 0.5) is 13.2 Å². The van der Waals surface area contributed by atoms with E-state index in [1.807, 2.05) is 0 Å². The predicted molar refractivity (Wildman–Crippen MR) is 84.9 cm³/mol. The van der Waals surface area contributed by atoms with Crippen molar-refractivity contribution in [3.05, 3.63) is 35.9 Å². The van der Waals surface area contributed by atoms with Gasteiger partial charge in [-0.3, -0.25) is 14.4 Å². The van der Waals surface area contributed by atoms with Gasteiger partial charge in [0, 0.05) is 19.4 Å².